The van der Waals surface area contributed by atoms with Gasteiger partial charge in [0, 0.05) is 17.8 Å². The van der Waals surface area contributed by atoms with Crippen molar-refractivity contribution in [3.63, 3.8) is 0 Å². The Hall–Kier alpha value is -1.91. The van der Waals surface area contributed by atoms with Gasteiger partial charge in [-0.3, -0.25) is 14.3 Å². The molecule has 2 rings (SSSR count). The zero-order chi connectivity index (χ0) is 14.2. The van der Waals surface area contributed by atoms with Gasteiger partial charge in [-0.05, 0) is 19.8 Å². The van der Waals surface area contributed by atoms with Gasteiger partial charge in [-0.25, -0.2) is 4.79 Å². The lowest BCUT2D eigenvalue weighted by molar-refractivity contribution is 0.0460. The minimum absolute atomic E-state index is 0.173. The lowest BCUT2D eigenvalue weighted by Gasteiger charge is -2.21. The Morgan fingerprint density at radius 2 is 2.32 bits per heavy atom. The van der Waals surface area contributed by atoms with Crippen LogP contribution in [0.2, 0.25) is 0 Å². The van der Waals surface area contributed by atoms with E-state index in [4.69, 9.17) is 5.26 Å². The first-order valence-corrected chi connectivity index (χ1v) is 5.96. The van der Waals surface area contributed by atoms with Gasteiger partial charge in [-0.15, -0.1) is 0 Å². The molecule has 3 N–H and O–H groups in total. The van der Waals surface area contributed by atoms with Gasteiger partial charge >= 0.3 is 5.69 Å². The fourth-order valence-electron chi connectivity index (χ4n) is 2.52. The standard InChI is InChI=1S/C12H15N3O4/c1-7-4-15(11(19)14-10(7)18)8-2-9(17)12(3-8,5-13)6-16/h4,8-9,16-17H,2-3,6H2,1H3,(H,14,18,19)/t8-,9-,12-/m1/s1. The maximum absolute atomic E-state index is 11.8. The zero-order valence-electron chi connectivity index (χ0n) is 10.5. The van der Waals surface area contributed by atoms with Crippen LogP contribution in [0, 0.1) is 23.7 Å². The molecular weight excluding hydrogens is 250 g/mol. The van der Waals surface area contributed by atoms with Crippen molar-refractivity contribution in [3.8, 4) is 6.07 Å². The van der Waals surface area contributed by atoms with Crippen molar-refractivity contribution in [1.29, 1.82) is 5.26 Å². The smallest absolute Gasteiger partial charge is 0.328 e. The van der Waals surface area contributed by atoms with E-state index in [-0.39, 0.29) is 12.8 Å². The molecule has 102 valence electrons. The Morgan fingerprint density at radius 1 is 1.63 bits per heavy atom. The SMILES string of the molecule is Cc1cn([C@@H]2C[C@@H](O)[C@](C#N)(CO)C2)c(=O)[nH]c1=O. The number of hydrogen-bond acceptors (Lipinski definition) is 5. The summed E-state index contributed by atoms with van der Waals surface area (Å²) in [6, 6.07) is 1.52. The van der Waals surface area contributed by atoms with Gasteiger partial charge in [0.1, 0.15) is 5.41 Å². The maximum Gasteiger partial charge on any atom is 0.328 e. The largest absolute Gasteiger partial charge is 0.395 e. The lowest BCUT2D eigenvalue weighted by atomic mass is 9.87. The van der Waals surface area contributed by atoms with Crippen molar-refractivity contribution >= 4 is 0 Å². The summed E-state index contributed by atoms with van der Waals surface area (Å²) in [6.45, 7) is 1.11. The number of aryl methyl sites for hydroxylation is 1. The Kier molecular flexibility index (Phi) is 3.30. The molecule has 0 amide bonds. The van der Waals surface area contributed by atoms with E-state index in [0.717, 1.165) is 0 Å². The second-order valence-electron chi connectivity index (χ2n) is 5.01. The highest BCUT2D eigenvalue weighted by atomic mass is 16.3. The fourth-order valence-corrected chi connectivity index (χ4v) is 2.52. The van der Waals surface area contributed by atoms with E-state index in [9.17, 15) is 19.8 Å². The normalized spacial score (nSPS) is 30.2. The number of rotatable bonds is 2. The van der Waals surface area contributed by atoms with Crippen molar-refractivity contribution < 1.29 is 10.2 Å². The number of aromatic amines is 1. The summed E-state index contributed by atoms with van der Waals surface area (Å²) >= 11 is 0. The average molecular weight is 265 g/mol. The van der Waals surface area contributed by atoms with Gasteiger partial charge in [-0.2, -0.15) is 5.26 Å². The quantitative estimate of drug-likeness (QED) is 0.636. The average Bonchev–Trinajstić information content (AvgIpc) is 2.71. The zero-order valence-corrected chi connectivity index (χ0v) is 10.5. The van der Waals surface area contributed by atoms with E-state index >= 15 is 0 Å². The number of H-pyrrole nitrogens is 1. The van der Waals surface area contributed by atoms with Crippen LogP contribution in [0.4, 0.5) is 0 Å². The molecule has 0 radical (unpaired) electrons. The molecule has 0 saturated heterocycles. The predicted octanol–water partition coefficient (Wildman–Crippen LogP) is -0.957. The fraction of sp³-hybridized carbons (Fsp3) is 0.583. The monoisotopic (exact) mass is 265 g/mol. The molecule has 1 aromatic rings. The molecule has 1 heterocycles. The molecule has 1 aliphatic carbocycles. The van der Waals surface area contributed by atoms with Crippen LogP contribution in [0.15, 0.2) is 15.8 Å². The van der Waals surface area contributed by atoms with Gasteiger partial charge in [0.2, 0.25) is 0 Å². The predicted molar refractivity (Wildman–Crippen MR) is 65.5 cm³/mol. The third-order valence-electron chi connectivity index (χ3n) is 3.78. The number of aliphatic hydroxyl groups excluding tert-OH is 2. The summed E-state index contributed by atoms with van der Waals surface area (Å²) in [5, 5.41) is 28.3. The van der Waals surface area contributed by atoms with Crippen LogP contribution < -0.4 is 11.2 Å². The molecule has 0 aliphatic heterocycles. The van der Waals surface area contributed by atoms with E-state index in [2.05, 4.69) is 4.98 Å². The maximum atomic E-state index is 11.8. The van der Waals surface area contributed by atoms with Gasteiger partial charge < -0.3 is 10.2 Å². The molecule has 0 bridgehead atoms. The number of nitriles is 1. The van der Waals surface area contributed by atoms with Crippen LogP contribution >= 0.6 is 0 Å². The van der Waals surface area contributed by atoms with Crippen molar-refractivity contribution in [2.45, 2.75) is 31.9 Å². The highest BCUT2D eigenvalue weighted by Gasteiger charge is 2.47. The van der Waals surface area contributed by atoms with E-state index in [1.54, 1.807) is 6.92 Å². The summed E-state index contributed by atoms with van der Waals surface area (Å²) in [5.74, 6) is 0. The van der Waals surface area contributed by atoms with Crippen LogP contribution in [0.3, 0.4) is 0 Å². The molecule has 7 nitrogen and oxygen atoms in total. The molecule has 7 heteroatoms. The first kappa shape index (κ1) is 13.5. The molecule has 1 saturated carbocycles. The third kappa shape index (κ3) is 2.09. The Morgan fingerprint density at radius 3 is 2.84 bits per heavy atom. The topological polar surface area (TPSA) is 119 Å². The van der Waals surface area contributed by atoms with Gasteiger partial charge in [0.15, 0.2) is 0 Å². The molecule has 1 aromatic heterocycles. The number of hydrogen-bond donors (Lipinski definition) is 3. The van der Waals surface area contributed by atoms with Crippen LogP contribution in [0.1, 0.15) is 24.4 Å². The first-order chi connectivity index (χ1) is 8.93. The highest BCUT2D eigenvalue weighted by molar-refractivity contribution is 5.12. The molecule has 3 atom stereocenters. The summed E-state index contributed by atoms with van der Waals surface area (Å²) in [4.78, 5) is 25.2. The number of nitrogens with one attached hydrogen (secondary N) is 1. The minimum atomic E-state index is -1.24. The molecule has 1 fully saturated rings. The van der Waals surface area contributed by atoms with Crippen LogP contribution in [-0.2, 0) is 0 Å². The number of aliphatic hydroxyl groups is 2. The third-order valence-corrected chi connectivity index (χ3v) is 3.78. The Labute approximate surface area is 108 Å². The van der Waals surface area contributed by atoms with Crippen molar-refractivity contribution in [1.82, 2.24) is 9.55 Å². The first-order valence-electron chi connectivity index (χ1n) is 5.96. The molecule has 0 unspecified atom stereocenters. The van der Waals surface area contributed by atoms with Crippen LogP contribution in [0.25, 0.3) is 0 Å². The highest BCUT2D eigenvalue weighted by Crippen LogP contribution is 2.43. The Bertz CT molecular complexity index is 642. The lowest BCUT2D eigenvalue weighted by Crippen LogP contribution is -2.33. The van der Waals surface area contributed by atoms with Crippen molar-refractivity contribution in [3.05, 3.63) is 32.6 Å². The minimum Gasteiger partial charge on any atom is -0.395 e. The summed E-state index contributed by atoms with van der Waals surface area (Å²) in [6.07, 6.45) is 0.793. The van der Waals surface area contributed by atoms with E-state index in [0.29, 0.717) is 5.56 Å². The Balaban J connectivity index is 2.42. The van der Waals surface area contributed by atoms with Crippen LogP contribution in [0.5, 0.6) is 0 Å². The molecule has 1 aliphatic rings. The van der Waals surface area contributed by atoms with Crippen LogP contribution in [-0.4, -0.2) is 32.5 Å². The number of nitrogens with zero attached hydrogens (tertiary/aromatic N) is 2. The molecular formula is C12H15N3O4. The number of aromatic nitrogens is 2. The molecule has 0 aromatic carbocycles. The van der Waals surface area contributed by atoms with Crippen molar-refractivity contribution in [2.24, 2.45) is 5.41 Å². The molecule has 19 heavy (non-hydrogen) atoms. The van der Waals surface area contributed by atoms with E-state index in [1.807, 2.05) is 6.07 Å². The van der Waals surface area contributed by atoms with E-state index in [1.165, 1.54) is 10.8 Å². The summed E-state index contributed by atoms with van der Waals surface area (Å²) in [5.41, 5.74) is -1.88. The molecule has 0 spiro atoms. The van der Waals surface area contributed by atoms with Gasteiger partial charge in [0.25, 0.3) is 5.56 Å². The summed E-state index contributed by atoms with van der Waals surface area (Å²) in [7, 11) is 0. The second kappa shape index (κ2) is 4.64. The van der Waals surface area contributed by atoms with Gasteiger partial charge in [0.05, 0.1) is 18.8 Å². The second-order valence-corrected chi connectivity index (χ2v) is 5.01. The van der Waals surface area contributed by atoms with Gasteiger partial charge in [-0.1, -0.05) is 0 Å². The van der Waals surface area contributed by atoms with E-state index < -0.39 is 35.4 Å². The summed E-state index contributed by atoms with van der Waals surface area (Å²) < 4.78 is 1.31. The van der Waals surface area contributed by atoms with Crippen molar-refractivity contribution in [2.75, 3.05) is 6.61 Å².